The molecule has 0 spiro atoms. The van der Waals surface area contributed by atoms with Crippen LogP contribution in [0.5, 0.6) is 0 Å². The van der Waals surface area contributed by atoms with Crippen molar-refractivity contribution in [2.75, 3.05) is 13.6 Å². The topological polar surface area (TPSA) is 20.3 Å². The lowest BCUT2D eigenvalue weighted by atomic mass is 10.4. The van der Waals surface area contributed by atoms with Gasteiger partial charge in [0.25, 0.3) is 0 Å². The van der Waals surface area contributed by atoms with Crippen LogP contribution in [0.2, 0.25) is 0 Å². The molecule has 1 amide bonds. The van der Waals surface area contributed by atoms with Crippen LogP contribution in [0.3, 0.4) is 0 Å². The minimum absolute atomic E-state index is 0.122. The van der Waals surface area contributed by atoms with E-state index in [9.17, 15) is 4.79 Å². The summed E-state index contributed by atoms with van der Waals surface area (Å²) in [6, 6.07) is 0. The van der Waals surface area contributed by atoms with E-state index in [1.165, 1.54) is 0 Å². The smallest absolute Gasteiger partial charge is 0.222 e. The molecular weight excluding hydrogens is 114 g/mol. The molecule has 53 valence electrons. The average Bonchev–Trinajstić information content (AvgIpc) is 1.87. The first-order chi connectivity index (χ1) is 4.22. The third kappa shape index (κ3) is 3.12. The zero-order chi connectivity index (χ0) is 7.28. The molecule has 0 aromatic rings. The Morgan fingerprint density at radius 2 is 2.22 bits per heavy atom. The van der Waals surface area contributed by atoms with Gasteiger partial charge in [0, 0.05) is 20.0 Å². The van der Waals surface area contributed by atoms with Crippen molar-refractivity contribution in [1.29, 1.82) is 0 Å². The Kier molecular flexibility index (Phi) is 4.10. The van der Waals surface area contributed by atoms with Gasteiger partial charge in [-0.05, 0) is 13.3 Å². The molecule has 2 heteroatoms. The lowest BCUT2D eigenvalue weighted by Gasteiger charge is -2.13. The van der Waals surface area contributed by atoms with Crippen molar-refractivity contribution in [3.05, 3.63) is 6.92 Å². The highest BCUT2D eigenvalue weighted by molar-refractivity contribution is 5.76. The van der Waals surface area contributed by atoms with Crippen LogP contribution < -0.4 is 0 Å². The molecule has 0 aliphatic heterocycles. The summed E-state index contributed by atoms with van der Waals surface area (Å²) in [7, 11) is 1.80. The number of amides is 1. The van der Waals surface area contributed by atoms with Gasteiger partial charge in [0.15, 0.2) is 0 Å². The van der Waals surface area contributed by atoms with Crippen LogP contribution in [-0.2, 0) is 4.79 Å². The van der Waals surface area contributed by atoms with Crippen molar-refractivity contribution >= 4 is 5.91 Å². The maximum absolute atomic E-state index is 10.8. The quantitative estimate of drug-likeness (QED) is 0.557. The van der Waals surface area contributed by atoms with Crippen molar-refractivity contribution in [2.45, 2.75) is 19.8 Å². The van der Waals surface area contributed by atoms with Crippen LogP contribution in [0.15, 0.2) is 0 Å². The zero-order valence-corrected chi connectivity index (χ0v) is 6.18. The second kappa shape index (κ2) is 4.36. The Morgan fingerprint density at radius 3 is 2.56 bits per heavy atom. The first kappa shape index (κ1) is 8.47. The minimum Gasteiger partial charge on any atom is -0.346 e. The summed E-state index contributed by atoms with van der Waals surface area (Å²) < 4.78 is 0. The third-order valence-corrected chi connectivity index (χ3v) is 1.20. The predicted octanol–water partition coefficient (Wildman–Crippen LogP) is 1.08. The first-order valence-electron chi connectivity index (χ1n) is 3.25. The Bertz CT molecular complexity index is 90.9. The lowest BCUT2D eigenvalue weighted by molar-refractivity contribution is -0.129. The van der Waals surface area contributed by atoms with Crippen LogP contribution in [0.4, 0.5) is 0 Å². The summed E-state index contributed by atoms with van der Waals surface area (Å²) in [5, 5.41) is 0. The molecule has 0 saturated carbocycles. The molecular formula is C7H14NO. The van der Waals surface area contributed by atoms with E-state index in [-0.39, 0.29) is 5.91 Å². The van der Waals surface area contributed by atoms with Gasteiger partial charge in [-0.15, -0.1) is 0 Å². The number of nitrogens with zero attached hydrogens (tertiary/aromatic N) is 1. The van der Waals surface area contributed by atoms with Crippen LogP contribution >= 0.6 is 0 Å². The summed E-state index contributed by atoms with van der Waals surface area (Å²) in [5.74, 6) is 0.122. The number of carbonyl (C=O) groups is 1. The van der Waals surface area contributed by atoms with Crippen molar-refractivity contribution in [2.24, 2.45) is 0 Å². The van der Waals surface area contributed by atoms with Gasteiger partial charge >= 0.3 is 0 Å². The first-order valence-corrected chi connectivity index (χ1v) is 3.25. The van der Waals surface area contributed by atoms with Crippen LogP contribution in [0, 0.1) is 6.92 Å². The third-order valence-electron chi connectivity index (χ3n) is 1.20. The molecule has 0 rings (SSSR count). The molecule has 0 aliphatic rings. The fourth-order valence-electron chi connectivity index (χ4n) is 0.651. The molecule has 0 aromatic carbocycles. The second-order valence-electron chi connectivity index (χ2n) is 2.07. The van der Waals surface area contributed by atoms with Gasteiger partial charge in [-0.2, -0.15) is 0 Å². The highest BCUT2D eigenvalue weighted by Gasteiger charge is 2.01. The van der Waals surface area contributed by atoms with Gasteiger partial charge in [-0.3, -0.25) is 4.79 Å². The molecule has 0 bridgehead atoms. The molecule has 0 aromatic heterocycles. The molecule has 0 saturated heterocycles. The molecule has 0 heterocycles. The zero-order valence-electron chi connectivity index (χ0n) is 6.18. The van der Waals surface area contributed by atoms with Gasteiger partial charge < -0.3 is 4.90 Å². The highest BCUT2D eigenvalue weighted by atomic mass is 16.2. The van der Waals surface area contributed by atoms with E-state index >= 15 is 0 Å². The fourth-order valence-corrected chi connectivity index (χ4v) is 0.651. The second-order valence-corrected chi connectivity index (χ2v) is 2.07. The number of carbonyl (C=O) groups excluding carboxylic acids is 1. The molecule has 0 aliphatic carbocycles. The van der Waals surface area contributed by atoms with E-state index in [0.717, 1.165) is 13.0 Å². The largest absolute Gasteiger partial charge is 0.346 e. The van der Waals surface area contributed by atoms with E-state index < -0.39 is 0 Å². The van der Waals surface area contributed by atoms with Crippen LogP contribution in [0.1, 0.15) is 19.8 Å². The normalized spacial score (nSPS) is 9.22. The van der Waals surface area contributed by atoms with Gasteiger partial charge in [0.1, 0.15) is 0 Å². The summed E-state index contributed by atoms with van der Waals surface area (Å²) in [5.41, 5.74) is 0. The minimum atomic E-state index is 0.122. The molecule has 1 radical (unpaired) electrons. The van der Waals surface area contributed by atoms with Gasteiger partial charge in [0.2, 0.25) is 5.91 Å². The average molecular weight is 128 g/mol. The molecule has 0 N–H and O–H groups in total. The van der Waals surface area contributed by atoms with Crippen LogP contribution in [-0.4, -0.2) is 24.4 Å². The van der Waals surface area contributed by atoms with Crippen molar-refractivity contribution in [1.82, 2.24) is 4.90 Å². The van der Waals surface area contributed by atoms with Crippen molar-refractivity contribution in [3.63, 3.8) is 0 Å². The molecule has 2 nitrogen and oxygen atoms in total. The molecule has 0 atom stereocenters. The Labute approximate surface area is 56.9 Å². The maximum atomic E-state index is 10.8. The lowest BCUT2D eigenvalue weighted by Crippen LogP contribution is -2.26. The maximum Gasteiger partial charge on any atom is 0.222 e. The van der Waals surface area contributed by atoms with Gasteiger partial charge in [-0.25, -0.2) is 0 Å². The number of hydrogen-bond donors (Lipinski definition) is 0. The van der Waals surface area contributed by atoms with E-state index in [0.29, 0.717) is 6.42 Å². The Hall–Kier alpha value is -0.530. The molecule has 9 heavy (non-hydrogen) atoms. The number of hydrogen-bond acceptors (Lipinski definition) is 1. The predicted molar refractivity (Wildman–Crippen MR) is 37.9 cm³/mol. The summed E-state index contributed by atoms with van der Waals surface area (Å²) in [6.07, 6.45) is 1.39. The van der Waals surface area contributed by atoms with E-state index in [2.05, 4.69) is 6.92 Å². The van der Waals surface area contributed by atoms with Crippen LogP contribution in [0.25, 0.3) is 0 Å². The van der Waals surface area contributed by atoms with Gasteiger partial charge in [-0.1, -0.05) is 6.92 Å². The number of rotatable bonds is 3. The Morgan fingerprint density at radius 1 is 1.67 bits per heavy atom. The summed E-state index contributed by atoms with van der Waals surface area (Å²) >= 11 is 0. The van der Waals surface area contributed by atoms with Gasteiger partial charge in [0.05, 0.1) is 0 Å². The summed E-state index contributed by atoms with van der Waals surface area (Å²) in [6.45, 7) is 6.39. The standard InChI is InChI=1S/C7H14NO/c1-4-6-8(3)7(9)5-2/h2,4-6H2,1,3H3. The summed E-state index contributed by atoms with van der Waals surface area (Å²) in [4.78, 5) is 12.5. The molecule has 0 unspecified atom stereocenters. The monoisotopic (exact) mass is 128 g/mol. The molecule has 0 fully saturated rings. The van der Waals surface area contributed by atoms with E-state index in [1.54, 1.807) is 11.9 Å². The Balaban J connectivity index is 3.45. The fraction of sp³-hybridized carbons (Fsp3) is 0.714. The van der Waals surface area contributed by atoms with Crippen molar-refractivity contribution < 1.29 is 4.79 Å². The van der Waals surface area contributed by atoms with Crippen molar-refractivity contribution in [3.8, 4) is 0 Å². The van der Waals surface area contributed by atoms with E-state index in [1.807, 2.05) is 6.92 Å². The van der Waals surface area contributed by atoms with E-state index in [4.69, 9.17) is 0 Å². The SMILES string of the molecule is [CH2]CC(=O)N(C)CCC. The highest BCUT2D eigenvalue weighted by Crippen LogP contribution is 1.89.